The molecular weight excluding hydrogens is 238 g/mol. The van der Waals surface area contributed by atoms with E-state index in [1.54, 1.807) is 11.3 Å². The van der Waals surface area contributed by atoms with E-state index in [2.05, 4.69) is 9.88 Å². The number of thiazole rings is 1. The van der Waals surface area contributed by atoms with Gasteiger partial charge in [-0.2, -0.15) is 0 Å². The summed E-state index contributed by atoms with van der Waals surface area (Å²) in [5.74, 6) is -0.894. The van der Waals surface area contributed by atoms with Crippen LogP contribution in [0.5, 0.6) is 0 Å². The van der Waals surface area contributed by atoms with Gasteiger partial charge in [-0.1, -0.05) is 0 Å². The van der Waals surface area contributed by atoms with Gasteiger partial charge < -0.3 is 15.7 Å². The third-order valence-electron chi connectivity index (χ3n) is 3.31. The number of likely N-dealkylation sites (tertiary alicyclic amines) is 1. The predicted molar refractivity (Wildman–Crippen MR) is 66.2 cm³/mol. The van der Waals surface area contributed by atoms with Gasteiger partial charge in [0.05, 0.1) is 11.2 Å². The minimum Gasteiger partial charge on any atom is -0.480 e. The monoisotopic (exact) mass is 255 g/mol. The molecule has 1 saturated heterocycles. The maximum Gasteiger partial charge on any atom is 0.325 e. The van der Waals surface area contributed by atoms with Gasteiger partial charge in [0.25, 0.3) is 0 Å². The fourth-order valence-corrected chi connectivity index (χ4v) is 2.88. The minimum absolute atomic E-state index is 0.445. The first-order valence-electron chi connectivity index (χ1n) is 5.65. The van der Waals surface area contributed by atoms with E-state index < -0.39 is 11.5 Å². The summed E-state index contributed by atoms with van der Waals surface area (Å²) in [6.45, 7) is 4.07. The molecule has 0 radical (unpaired) electrons. The van der Waals surface area contributed by atoms with Crippen molar-refractivity contribution >= 4 is 17.3 Å². The molecule has 3 N–H and O–H groups in total. The van der Waals surface area contributed by atoms with Crippen LogP contribution in [-0.2, 0) is 11.2 Å². The SMILES string of the molecule is Cc1ncsc1CCN1CCC(N)(C(=O)O)C1. The Kier molecular flexibility index (Phi) is 3.46. The highest BCUT2D eigenvalue weighted by atomic mass is 32.1. The Morgan fingerprint density at radius 1 is 1.76 bits per heavy atom. The summed E-state index contributed by atoms with van der Waals surface area (Å²) >= 11 is 1.65. The van der Waals surface area contributed by atoms with Crippen LogP contribution >= 0.6 is 11.3 Å². The summed E-state index contributed by atoms with van der Waals surface area (Å²) in [6.07, 6.45) is 1.45. The molecule has 0 bridgehead atoms. The Labute approximate surface area is 104 Å². The summed E-state index contributed by atoms with van der Waals surface area (Å²) in [4.78, 5) is 18.6. The Balaban J connectivity index is 1.87. The van der Waals surface area contributed by atoms with Crippen molar-refractivity contribution in [3.8, 4) is 0 Å². The molecule has 6 heteroatoms. The zero-order valence-corrected chi connectivity index (χ0v) is 10.7. The molecule has 0 aromatic carbocycles. The van der Waals surface area contributed by atoms with Gasteiger partial charge in [-0.3, -0.25) is 4.79 Å². The second kappa shape index (κ2) is 4.72. The molecule has 17 heavy (non-hydrogen) atoms. The second-order valence-electron chi connectivity index (χ2n) is 4.60. The van der Waals surface area contributed by atoms with E-state index in [-0.39, 0.29) is 0 Å². The van der Waals surface area contributed by atoms with Crippen LogP contribution in [0.2, 0.25) is 0 Å². The lowest BCUT2D eigenvalue weighted by Gasteiger charge is -2.19. The van der Waals surface area contributed by atoms with Crippen LogP contribution in [0.15, 0.2) is 5.51 Å². The molecule has 2 rings (SSSR count). The van der Waals surface area contributed by atoms with Gasteiger partial charge in [0, 0.05) is 24.5 Å². The van der Waals surface area contributed by atoms with Crippen LogP contribution in [0.1, 0.15) is 17.0 Å². The molecule has 0 aliphatic carbocycles. The number of nitrogens with two attached hydrogens (primary N) is 1. The van der Waals surface area contributed by atoms with E-state index in [0.717, 1.165) is 25.2 Å². The Hall–Kier alpha value is -0.980. The normalized spacial score (nSPS) is 25.3. The molecule has 2 heterocycles. The Bertz CT molecular complexity index is 421. The summed E-state index contributed by atoms with van der Waals surface area (Å²) in [6, 6.07) is 0. The number of rotatable bonds is 4. The molecule has 5 nitrogen and oxygen atoms in total. The number of carbonyl (C=O) groups is 1. The molecule has 94 valence electrons. The largest absolute Gasteiger partial charge is 0.480 e. The van der Waals surface area contributed by atoms with Crippen LogP contribution < -0.4 is 5.73 Å². The molecule has 0 spiro atoms. The summed E-state index contributed by atoms with van der Waals surface area (Å²) in [5.41, 5.74) is 7.69. The summed E-state index contributed by atoms with van der Waals surface area (Å²) < 4.78 is 0. The molecule has 0 saturated carbocycles. The van der Waals surface area contributed by atoms with Gasteiger partial charge in [-0.25, -0.2) is 4.98 Å². The maximum absolute atomic E-state index is 11.0. The van der Waals surface area contributed by atoms with E-state index in [9.17, 15) is 4.79 Å². The van der Waals surface area contributed by atoms with Crippen molar-refractivity contribution in [2.45, 2.75) is 25.3 Å². The molecule has 1 unspecified atom stereocenters. The second-order valence-corrected chi connectivity index (χ2v) is 5.54. The smallest absolute Gasteiger partial charge is 0.325 e. The average Bonchev–Trinajstić information content (AvgIpc) is 2.83. The lowest BCUT2D eigenvalue weighted by Crippen LogP contribution is -2.50. The molecule has 1 atom stereocenters. The fraction of sp³-hybridized carbons (Fsp3) is 0.636. The first kappa shape index (κ1) is 12.5. The van der Waals surface area contributed by atoms with Gasteiger partial charge in [0.2, 0.25) is 0 Å². The topological polar surface area (TPSA) is 79.5 Å². The number of aryl methyl sites for hydroxylation is 1. The van der Waals surface area contributed by atoms with E-state index in [0.29, 0.717) is 13.0 Å². The fourth-order valence-electron chi connectivity index (χ4n) is 2.11. The van der Waals surface area contributed by atoms with Crippen molar-refractivity contribution in [1.82, 2.24) is 9.88 Å². The first-order valence-corrected chi connectivity index (χ1v) is 6.53. The van der Waals surface area contributed by atoms with Crippen LogP contribution in [0.3, 0.4) is 0 Å². The standard InChI is InChI=1S/C11H17N3O2S/c1-8-9(17-7-13-8)2-4-14-5-3-11(12,6-14)10(15)16/h7H,2-6,12H2,1H3,(H,15,16). The van der Waals surface area contributed by atoms with Gasteiger partial charge >= 0.3 is 5.97 Å². The predicted octanol–water partition coefficient (Wildman–Crippen LogP) is 0.482. The van der Waals surface area contributed by atoms with Crippen LogP contribution in [0, 0.1) is 6.92 Å². The van der Waals surface area contributed by atoms with Crippen molar-refractivity contribution in [3.63, 3.8) is 0 Å². The third kappa shape index (κ3) is 2.65. The molecule has 1 aliphatic heterocycles. The molecule has 1 fully saturated rings. The van der Waals surface area contributed by atoms with Crippen molar-refractivity contribution in [2.24, 2.45) is 5.73 Å². The third-order valence-corrected chi connectivity index (χ3v) is 4.30. The van der Waals surface area contributed by atoms with E-state index in [1.807, 2.05) is 12.4 Å². The number of nitrogens with zero attached hydrogens (tertiary/aromatic N) is 2. The minimum atomic E-state index is -1.05. The summed E-state index contributed by atoms with van der Waals surface area (Å²) in [7, 11) is 0. The molecular formula is C11H17N3O2S. The Morgan fingerprint density at radius 2 is 2.53 bits per heavy atom. The van der Waals surface area contributed by atoms with E-state index in [1.165, 1.54) is 4.88 Å². The number of hydrogen-bond donors (Lipinski definition) is 2. The highest BCUT2D eigenvalue weighted by Crippen LogP contribution is 2.20. The number of hydrogen-bond acceptors (Lipinski definition) is 5. The Morgan fingerprint density at radius 3 is 3.06 bits per heavy atom. The van der Waals surface area contributed by atoms with Crippen LogP contribution in [0.25, 0.3) is 0 Å². The zero-order chi connectivity index (χ0) is 12.5. The first-order chi connectivity index (χ1) is 8.01. The molecule has 0 amide bonds. The molecule has 1 aromatic rings. The maximum atomic E-state index is 11.0. The van der Waals surface area contributed by atoms with Gasteiger partial charge in [0.1, 0.15) is 5.54 Å². The van der Waals surface area contributed by atoms with E-state index in [4.69, 9.17) is 10.8 Å². The lowest BCUT2D eigenvalue weighted by atomic mass is 10.0. The van der Waals surface area contributed by atoms with Crippen molar-refractivity contribution in [1.29, 1.82) is 0 Å². The average molecular weight is 255 g/mol. The van der Waals surface area contributed by atoms with Gasteiger partial charge in [-0.05, 0) is 19.8 Å². The number of aromatic nitrogens is 1. The van der Waals surface area contributed by atoms with Crippen LogP contribution in [0.4, 0.5) is 0 Å². The van der Waals surface area contributed by atoms with Gasteiger partial charge in [0.15, 0.2) is 0 Å². The zero-order valence-electron chi connectivity index (χ0n) is 9.85. The van der Waals surface area contributed by atoms with Crippen molar-refractivity contribution < 1.29 is 9.90 Å². The lowest BCUT2D eigenvalue weighted by molar-refractivity contribution is -0.142. The highest BCUT2D eigenvalue weighted by molar-refractivity contribution is 7.09. The number of aliphatic carboxylic acids is 1. The molecule has 1 aliphatic rings. The van der Waals surface area contributed by atoms with Crippen LogP contribution in [-0.4, -0.2) is 46.1 Å². The van der Waals surface area contributed by atoms with Crippen molar-refractivity contribution in [2.75, 3.05) is 19.6 Å². The number of carboxylic acid groups (broad SMARTS) is 1. The highest BCUT2D eigenvalue weighted by Gasteiger charge is 2.40. The van der Waals surface area contributed by atoms with Crippen molar-refractivity contribution in [3.05, 3.63) is 16.1 Å². The quantitative estimate of drug-likeness (QED) is 0.818. The molecule has 1 aromatic heterocycles. The summed E-state index contributed by atoms with van der Waals surface area (Å²) in [5, 5.41) is 9.03. The van der Waals surface area contributed by atoms with Gasteiger partial charge in [-0.15, -0.1) is 11.3 Å². The number of carboxylic acids is 1. The van der Waals surface area contributed by atoms with E-state index >= 15 is 0 Å².